The number of nitrogens with one attached hydrogen (secondary N) is 1. The molecular formula is C16H17ClN2O6S. The van der Waals surface area contributed by atoms with Gasteiger partial charge in [-0.1, -0.05) is 11.6 Å². The molecule has 2 aromatic rings. The summed E-state index contributed by atoms with van der Waals surface area (Å²) in [7, 11) is -3.78. The molecule has 2 rings (SSSR count). The first-order chi connectivity index (χ1) is 12.2. The lowest BCUT2D eigenvalue weighted by Gasteiger charge is -2.24. The number of nitrogens with zero attached hydrogens (tertiary/aromatic N) is 1. The standard InChI is InChI=1S/C16H17ClN2O6S/c1-26(23,24)19(10-15(20)16(21)18-22)12-4-8-14(9-5-12)25-13-6-2-11(17)3-7-13/h2-9,15,20,22H,10H2,1H3,(H,18,21)/t15-/m1/s1. The molecule has 0 spiro atoms. The van der Waals surface area contributed by atoms with Crippen LogP contribution < -0.4 is 14.5 Å². The average molecular weight is 401 g/mol. The van der Waals surface area contributed by atoms with Gasteiger partial charge in [0.25, 0.3) is 5.91 Å². The molecule has 26 heavy (non-hydrogen) atoms. The number of hydroxylamine groups is 1. The third-order valence-corrected chi connectivity index (χ3v) is 4.74. The molecule has 0 aliphatic rings. The second-order valence-corrected chi connectivity index (χ2v) is 7.68. The lowest BCUT2D eigenvalue weighted by Crippen LogP contribution is -2.44. The number of aliphatic hydroxyl groups excluding tert-OH is 1. The number of ether oxygens (including phenoxy) is 1. The van der Waals surface area contributed by atoms with Crippen molar-refractivity contribution < 1.29 is 28.3 Å². The fourth-order valence-corrected chi connectivity index (χ4v) is 3.11. The van der Waals surface area contributed by atoms with Gasteiger partial charge in [0.1, 0.15) is 11.5 Å². The van der Waals surface area contributed by atoms with Crippen molar-refractivity contribution in [3.63, 3.8) is 0 Å². The van der Waals surface area contributed by atoms with Crippen LogP contribution in [0.1, 0.15) is 0 Å². The van der Waals surface area contributed by atoms with Gasteiger partial charge in [-0.2, -0.15) is 0 Å². The first kappa shape index (κ1) is 20.0. The van der Waals surface area contributed by atoms with Gasteiger partial charge in [0.15, 0.2) is 6.10 Å². The molecule has 0 saturated carbocycles. The summed E-state index contributed by atoms with van der Waals surface area (Å²) >= 11 is 5.80. The van der Waals surface area contributed by atoms with Gasteiger partial charge in [-0.05, 0) is 48.5 Å². The zero-order valence-electron chi connectivity index (χ0n) is 13.7. The van der Waals surface area contributed by atoms with Crippen LogP contribution in [0.4, 0.5) is 5.69 Å². The first-order valence-electron chi connectivity index (χ1n) is 7.34. The number of carbonyl (C=O) groups excluding carboxylic acids is 1. The summed E-state index contributed by atoms with van der Waals surface area (Å²) in [6, 6.07) is 12.7. The predicted octanol–water partition coefficient (Wildman–Crippen LogP) is 1.76. The zero-order valence-corrected chi connectivity index (χ0v) is 15.2. The van der Waals surface area contributed by atoms with E-state index in [-0.39, 0.29) is 5.69 Å². The van der Waals surface area contributed by atoms with Gasteiger partial charge in [-0.25, -0.2) is 13.9 Å². The highest BCUT2D eigenvalue weighted by Crippen LogP contribution is 2.26. The van der Waals surface area contributed by atoms with Crippen molar-refractivity contribution in [2.45, 2.75) is 6.10 Å². The maximum absolute atomic E-state index is 12.0. The van der Waals surface area contributed by atoms with Crippen molar-refractivity contribution in [3.8, 4) is 11.5 Å². The average Bonchev–Trinajstić information content (AvgIpc) is 2.60. The van der Waals surface area contributed by atoms with Gasteiger partial charge in [-0.15, -0.1) is 0 Å². The van der Waals surface area contributed by atoms with E-state index in [4.69, 9.17) is 21.5 Å². The number of anilines is 1. The third-order valence-electron chi connectivity index (χ3n) is 3.33. The molecule has 1 amide bonds. The van der Waals surface area contributed by atoms with Crippen molar-refractivity contribution in [2.24, 2.45) is 0 Å². The fourth-order valence-electron chi connectivity index (χ4n) is 2.07. The summed E-state index contributed by atoms with van der Waals surface area (Å²) < 4.78 is 30.4. The maximum Gasteiger partial charge on any atom is 0.274 e. The van der Waals surface area contributed by atoms with Gasteiger partial charge < -0.3 is 9.84 Å². The Morgan fingerprint density at radius 3 is 2.12 bits per heavy atom. The van der Waals surface area contributed by atoms with Crippen molar-refractivity contribution >= 4 is 33.2 Å². The van der Waals surface area contributed by atoms with E-state index < -0.39 is 28.6 Å². The van der Waals surface area contributed by atoms with E-state index in [1.807, 2.05) is 0 Å². The Hall–Kier alpha value is -2.33. The third kappa shape index (κ3) is 5.33. The Labute approximate surface area is 155 Å². The molecule has 0 unspecified atom stereocenters. The molecule has 0 heterocycles. The quantitative estimate of drug-likeness (QED) is 0.481. The molecule has 0 bridgehead atoms. The number of sulfonamides is 1. The molecule has 140 valence electrons. The van der Waals surface area contributed by atoms with Crippen LogP contribution in [-0.4, -0.2) is 43.5 Å². The van der Waals surface area contributed by atoms with E-state index in [1.165, 1.54) is 17.6 Å². The Morgan fingerprint density at radius 2 is 1.65 bits per heavy atom. The number of carbonyl (C=O) groups is 1. The summed E-state index contributed by atoms with van der Waals surface area (Å²) in [4.78, 5) is 11.2. The van der Waals surface area contributed by atoms with Crippen LogP contribution in [0.15, 0.2) is 48.5 Å². The molecule has 3 N–H and O–H groups in total. The topological polar surface area (TPSA) is 116 Å². The molecular weight excluding hydrogens is 384 g/mol. The van der Waals surface area contributed by atoms with Gasteiger partial charge >= 0.3 is 0 Å². The molecule has 0 fully saturated rings. The van der Waals surface area contributed by atoms with Crippen molar-refractivity contribution in [2.75, 3.05) is 17.1 Å². The van der Waals surface area contributed by atoms with Crippen molar-refractivity contribution in [1.82, 2.24) is 5.48 Å². The second-order valence-electron chi connectivity index (χ2n) is 5.34. The number of halogens is 1. The number of benzene rings is 2. The van der Waals surface area contributed by atoms with Crippen molar-refractivity contribution in [3.05, 3.63) is 53.6 Å². The van der Waals surface area contributed by atoms with E-state index in [0.29, 0.717) is 16.5 Å². The first-order valence-corrected chi connectivity index (χ1v) is 9.56. The van der Waals surface area contributed by atoms with Gasteiger partial charge in [-0.3, -0.25) is 14.3 Å². The summed E-state index contributed by atoms with van der Waals surface area (Å²) in [6.07, 6.45) is -0.797. The van der Waals surface area contributed by atoms with E-state index in [0.717, 1.165) is 10.6 Å². The minimum Gasteiger partial charge on any atom is -0.457 e. The normalized spacial score (nSPS) is 12.3. The number of hydrogen-bond acceptors (Lipinski definition) is 6. The van der Waals surface area contributed by atoms with Crippen LogP contribution in [-0.2, 0) is 14.8 Å². The van der Waals surface area contributed by atoms with E-state index in [9.17, 15) is 18.3 Å². The predicted molar refractivity (Wildman–Crippen MR) is 96.1 cm³/mol. The Balaban J connectivity index is 2.19. The molecule has 0 aliphatic carbocycles. The monoisotopic (exact) mass is 400 g/mol. The number of aliphatic hydroxyl groups is 1. The molecule has 1 atom stereocenters. The van der Waals surface area contributed by atoms with Gasteiger partial charge in [0.2, 0.25) is 10.0 Å². The largest absolute Gasteiger partial charge is 0.457 e. The van der Waals surface area contributed by atoms with Crippen LogP contribution in [0.2, 0.25) is 5.02 Å². The molecule has 2 aromatic carbocycles. The lowest BCUT2D eigenvalue weighted by atomic mass is 10.2. The molecule has 8 nitrogen and oxygen atoms in total. The second kappa shape index (κ2) is 8.37. The Morgan fingerprint density at radius 1 is 1.15 bits per heavy atom. The van der Waals surface area contributed by atoms with Crippen LogP contribution in [0.5, 0.6) is 11.5 Å². The summed E-state index contributed by atoms with van der Waals surface area (Å²) in [5.74, 6) is -0.100. The Bertz CT molecular complexity index is 855. The van der Waals surface area contributed by atoms with Crippen LogP contribution in [0, 0.1) is 0 Å². The van der Waals surface area contributed by atoms with Crippen LogP contribution >= 0.6 is 11.6 Å². The number of hydrogen-bond donors (Lipinski definition) is 3. The van der Waals surface area contributed by atoms with Crippen molar-refractivity contribution in [1.29, 1.82) is 0 Å². The van der Waals surface area contributed by atoms with Gasteiger partial charge in [0, 0.05) is 5.02 Å². The Kier molecular flexibility index (Phi) is 6.43. The summed E-state index contributed by atoms with van der Waals surface area (Å²) in [6.45, 7) is -0.553. The molecule has 0 aliphatic heterocycles. The molecule has 0 radical (unpaired) electrons. The van der Waals surface area contributed by atoms with Crippen LogP contribution in [0.3, 0.4) is 0 Å². The minimum absolute atomic E-state index is 0.223. The molecule has 0 saturated heterocycles. The van der Waals surface area contributed by atoms with E-state index >= 15 is 0 Å². The smallest absolute Gasteiger partial charge is 0.274 e. The summed E-state index contributed by atoms with van der Waals surface area (Å²) in [5, 5.41) is 18.8. The molecule has 0 aromatic heterocycles. The van der Waals surface area contributed by atoms with Gasteiger partial charge in [0.05, 0.1) is 18.5 Å². The highest BCUT2D eigenvalue weighted by Gasteiger charge is 2.25. The zero-order chi connectivity index (χ0) is 19.3. The lowest BCUT2D eigenvalue weighted by molar-refractivity contribution is -0.137. The fraction of sp³-hybridized carbons (Fsp3) is 0.188. The maximum atomic E-state index is 12.0. The highest BCUT2D eigenvalue weighted by atomic mass is 35.5. The van der Waals surface area contributed by atoms with E-state index in [2.05, 4.69) is 0 Å². The van der Waals surface area contributed by atoms with E-state index in [1.54, 1.807) is 36.4 Å². The molecule has 10 heteroatoms. The number of amides is 1. The summed E-state index contributed by atoms with van der Waals surface area (Å²) in [5.41, 5.74) is 1.50. The number of rotatable bonds is 7. The SMILES string of the molecule is CS(=O)(=O)N(C[C@@H](O)C(=O)NO)c1ccc(Oc2ccc(Cl)cc2)cc1. The van der Waals surface area contributed by atoms with Crippen LogP contribution in [0.25, 0.3) is 0 Å². The highest BCUT2D eigenvalue weighted by molar-refractivity contribution is 7.92. The minimum atomic E-state index is -3.78.